The summed E-state index contributed by atoms with van der Waals surface area (Å²) in [4.78, 5) is 18.7. The van der Waals surface area contributed by atoms with Crippen molar-refractivity contribution >= 4 is 16.5 Å². The number of imidazole rings is 1. The van der Waals surface area contributed by atoms with E-state index in [0.29, 0.717) is 11.5 Å². The zero-order valence-corrected chi connectivity index (χ0v) is 21.8. The molecular formula is C30H30FN7. The molecule has 2 aromatic carbocycles. The number of aromatic amines is 2. The number of benzene rings is 2. The van der Waals surface area contributed by atoms with Gasteiger partial charge in [0.25, 0.3) is 0 Å². The smallest absolute Gasteiger partial charge is 0.159 e. The standard InChI is InChI=1S/C30H30FN7/c1-5-7-25(22-12-20(13-24(31)14-22)8-6-11-38(3)4)28-19(2)34-30(35-28)29-26-15-21(9-10-27(26)36-37-29)23-16-32-18-33-17-23/h5,7,9-10,12-18H,1,6,8,11H2,2-4H3,(H,34,35)(H,36,37)/b25-7-. The predicted molar refractivity (Wildman–Crippen MR) is 150 cm³/mol. The van der Waals surface area contributed by atoms with E-state index >= 15 is 0 Å². The highest BCUT2D eigenvalue weighted by Gasteiger charge is 2.19. The molecule has 8 heteroatoms. The summed E-state index contributed by atoms with van der Waals surface area (Å²) in [5.41, 5.74) is 7.61. The Morgan fingerprint density at radius 2 is 1.89 bits per heavy atom. The van der Waals surface area contributed by atoms with E-state index in [9.17, 15) is 4.39 Å². The predicted octanol–water partition coefficient (Wildman–Crippen LogP) is 5.97. The van der Waals surface area contributed by atoms with Gasteiger partial charge in [-0.15, -0.1) is 0 Å². The van der Waals surface area contributed by atoms with Crippen molar-refractivity contribution in [3.63, 3.8) is 0 Å². The lowest BCUT2D eigenvalue weighted by molar-refractivity contribution is 0.400. The first-order valence-corrected chi connectivity index (χ1v) is 12.5. The lowest BCUT2D eigenvalue weighted by Gasteiger charge is -2.11. The van der Waals surface area contributed by atoms with Crippen LogP contribution in [0.1, 0.15) is 28.9 Å². The molecule has 0 radical (unpaired) electrons. The van der Waals surface area contributed by atoms with Crippen LogP contribution in [0.25, 0.3) is 39.1 Å². The van der Waals surface area contributed by atoms with Crippen LogP contribution >= 0.6 is 0 Å². The summed E-state index contributed by atoms with van der Waals surface area (Å²) >= 11 is 0. The van der Waals surface area contributed by atoms with Gasteiger partial charge in [0.2, 0.25) is 0 Å². The summed E-state index contributed by atoms with van der Waals surface area (Å²) in [5.74, 6) is 0.365. The summed E-state index contributed by atoms with van der Waals surface area (Å²) < 4.78 is 14.7. The summed E-state index contributed by atoms with van der Waals surface area (Å²) in [5, 5.41) is 8.58. The van der Waals surface area contributed by atoms with Gasteiger partial charge in [0, 0.05) is 34.6 Å². The number of hydrogen-bond donors (Lipinski definition) is 2. The summed E-state index contributed by atoms with van der Waals surface area (Å²) in [6.07, 6.45) is 10.4. The van der Waals surface area contributed by atoms with Gasteiger partial charge in [-0.3, -0.25) is 5.10 Å². The molecule has 0 amide bonds. The average molecular weight is 508 g/mol. The quantitative estimate of drug-likeness (QED) is 0.240. The molecule has 0 unspecified atom stereocenters. The topological polar surface area (TPSA) is 86.4 Å². The van der Waals surface area contributed by atoms with Crippen LogP contribution < -0.4 is 0 Å². The maximum atomic E-state index is 14.7. The largest absolute Gasteiger partial charge is 0.340 e. The molecule has 0 aliphatic rings. The van der Waals surface area contributed by atoms with Gasteiger partial charge >= 0.3 is 0 Å². The van der Waals surface area contributed by atoms with E-state index in [1.807, 2.05) is 45.3 Å². The summed E-state index contributed by atoms with van der Waals surface area (Å²) in [6, 6.07) is 11.2. The van der Waals surface area contributed by atoms with Crippen molar-refractivity contribution in [2.75, 3.05) is 20.6 Å². The van der Waals surface area contributed by atoms with Gasteiger partial charge in [-0.25, -0.2) is 19.3 Å². The first-order valence-electron chi connectivity index (χ1n) is 12.5. The number of nitrogens with zero attached hydrogens (tertiary/aromatic N) is 5. The van der Waals surface area contributed by atoms with Crippen molar-refractivity contribution in [3.8, 4) is 22.6 Å². The number of nitrogens with one attached hydrogen (secondary N) is 2. The van der Waals surface area contributed by atoms with Gasteiger partial charge < -0.3 is 9.88 Å². The van der Waals surface area contributed by atoms with Crippen LogP contribution in [-0.4, -0.2) is 55.7 Å². The first kappa shape index (κ1) is 25.2. The number of rotatable bonds is 9. The second-order valence-electron chi connectivity index (χ2n) is 9.59. The van der Waals surface area contributed by atoms with Gasteiger partial charge in [-0.2, -0.15) is 5.10 Å². The van der Waals surface area contributed by atoms with Crippen molar-refractivity contribution in [2.45, 2.75) is 19.8 Å². The van der Waals surface area contributed by atoms with Crippen LogP contribution in [0.2, 0.25) is 0 Å². The van der Waals surface area contributed by atoms with Gasteiger partial charge in [0.05, 0.1) is 11.2 Å². The van der Waals surface area contributed by atoms with E-state index in [2.05, 4.69) is 42.7 Å². The molecule has 0 saturated heterocycles. The minimum atomic E-state index is -0.263. The number of aryl methyl sites for hydroxylation is 2. The van der Waals surface area contributed by atoms with Crippen LogP contribution in [-0.2, 0) is 6.42 Å². The first-order chi connectivity index (χ1) is 18.4. The molecule has 0 saturated carbocycles. The molecule has 0 aliphatic carbocycles. The van der Waals surface area contributed by atoms with E-state index in [4.69, 9.17) is 4.98 Å². The highest BCUT2D eigenvalue weighted by molar-refractivity contribution is 5.94. The van der Waals surface area contributed by atoms with Gasteiger partial charge in [-0.1, -0.05) is 30.9 Å². The fraction of sp³-hybridized carbons (Fsp3) is 0.200. The number of hydrogen-bond acceptors (Lipinski definition) is 5. The van der Waals surface area contributed by atoms with Crippen LogP contribution in [0.3, 0.4) is 0 Å². The summed E-state index contributed by atoms with van der Waals surface area (Å²) in [6.45, 7) is 6.79. The Bertz CT molecular complexity index is 1610. The van der Waals surface area contributed by atoms with E-state index in [-0.39, 0.29) is 5.82 Å². The van der Waals surface area contributed by atoms with Crippen molar-refractivity contribution in [3.05, 3.63) is 102 Å². The molecule has 0 fully saturated rings. The molecular weight excluding hydrogens is 477 g/mol. The normalized spacial score (nSPS) is 12.0. The van der Waals surface area contributed by atoms with Gasteiger partial charge in [0.15, 0.2) is 5.82 Å². The minimum Gasteiger partial charge on any atom is -0.340 e. The Morgan fingerprint density at radius 3 is 2.66 bits per heavy atom. The van der Waals surface area contributed by atoms with Crippen molar-refractivity contribution in [1.82, 2.24) is 35.0 Å². The third-order valence-corrected chi connectivity index (χ3v) is 6.44. The fourth-order valence-electron chi connectivity index (χ4n) is 4.64. The van der Waals surface area contributed by atoms with Gasteiger partial charge in [-0.05, 0) is 81.4 Å². The highest BCUT2D eigenvalue weighted by Crippen LogP contribution is 2.32. The number of halogens is 1. The lowest BCUT2D eigenvalue weighted by Crippen LogP contribution is -2.13. The minimum absolute atomic E-state index is 0.263. The average Bonchev–Trinajstić information content (AvgIpc) is 3.50. The molecule has 0 bridgehead atoms. The number of H-pyrrole nitrogens is 2. The zero-order chi connectivity index (χ0) is 26.6. The van der Waals surface area contributed by atoms with Crippen molar-refractivity contribution in [1.29, 1.82) is 0 Å². The Labute approximate surface area is 221 Å². The molecule has 0 spiro atoms. The molecule has 3 heterocycles. The summed E-state index contributed by atoms with van der Waals surface area (Å²) in [7, 11) is 4.08. The number of fused-ring (bicyclic) bond motifs is 1. The third-order valence-electron chi connectivity index (χ3n) is 6.44. The van der Waals surface area contributed by atoms with Crippen LogP contribution in [0.4, 0.5) is 4.39 Å². The molecule has 2 N–H and O–H groups in total. The SMILES string of the molecule is C=C/C=C(/c1cc(F)cc(CCCN(C)C)c1)c1nc(-c2n[nH]c3ccc(-c4cncnc4)cc23)[nH]c1C. The van der Waals surface area contributed by atoms with E-state index in [1.165, 1.54) is 6.33 Å². The highest BCUT2D eigenvalue weighted by atomic mass is 19.1. The van der Waals surface area contributed by atoms with Crippen LogP contribution in [0, 0.1) is 12.7 Å². The second-order valence-corrected chi connectivity index (χ2v) is 9.59. The van der Waals surface area contributed by atoms with Crippen molar-refractivity contribution < 1.29 is 4.39 Å². The Hall–Kier alpha value is -4.43. The maximum absolute atomic E-state index is 14.7. The fourth-order valence-corrected chi connectivity index (χ4v) is 4.64. The second kappa shape index (κ2) is 10.9. The van der Waals surface area contributed by atoms with Gasteiger partial charge in [0.1, 0.15) is 17.8 Å². The van der Waals surface area contributed by atoms with Crippen molar-refractivity contribution in [2.24, 2.45) is 0 Å². The Kier molecular flexibility index (Phi) is 7.24. The molecule has 3 aromatic heterocycles. The van der Waals surface area contributed by atoms with E-state index in [1.54, 1.807) is 30.6 Å². The molecule has 0 atom stereocenters. The zero-order valence-electron chi connectivity index (χ0n) is 21.8. The maximum Gasteiger partial charge on any atom is 0.159 e. The monoisotopic (exact) mass is 507 g/mol. The van der Waals surface area contributed by atoms with E-state index in [0.717, 1.165) is 69.5 Å². The molecule has 38 heavy (non-hydrogen) atoms. The molecule has 0 aliphatic heterocycles. The number of allylic oxidation sites excluding steroid dienone is 2. The number of aromatic nitrogens is 6. The molecule has 7 nitrogen and oxygen atoms in total. The third kappa shape index (κ3) is 5.31. The Morgan fingerprint density at radius 1 is 1.08 bits per heavy atom. The Balaban J connectivity index is 1.53. The molecule has 5 rings (SSSR count). The lowest BCUT2D eigenvalue weighted by atomic mass is 9.97. The molecule has 192 valence electrons. The van der Waals surface area contributed by atoms with Crippen LogP contribution in [0.5, 0.6) is 0 Å². The van der Waals surface area contributed by atoms with E-state index < -0.39 is 0 Å². The van der Waals surface area contributed by atoms with Crippen LogP contribution in [0.15, 0.2) is 73.9 Å². The molecule has 5 aromatic rings.